The molecule has 0 aliphatic carbocycles. The second kappa shape index (κ2) is 6.47. The monoisotopic (exact) mass is 295 g/mol. The Morgan fingerprint density at radius 2 is 1.71 bits per heavy atom. The average molecular weight is 295 g/mol. The minimum atomic E-state index is -0.822. The molecule has 1 amide bonds. The molecule has 1 aromatic carbocycles. The number of amides is 1. The average Bonchev–Trinajstić information content (AvgIpc) is 2.36. The van der Waals surface area contributed by atoms with Gasteiger partial charge in [-0.25, -0.2) is 4.79 Å². The van der Waals surface area contributed by atoms with Crippen LogP contribution >= 0.6 is 0 Å². The normalized spacial score (nSPS) is 12.4. The molecular formula is C15H21NO5. The van der Waals surface area contributed by atoms with Crippen LogP contribution in [0.2, 0.25) is 0 Å². The largest absolute Gasteiger partial charge is 0.497 e. The molecule has 0 radical (unpaired) electrons. The van der Waals surface area contributed by atoms with Crippen LogP contribution in [0.3, 0.4) is 0 Å². The van der Waals surface area contributed by atoms with Gasteiger partial charge < -0.3 is 19.9 Å². The van der Waals surface area contributed by atoms with E-state index in [1.54, 1.807) is 33.8 Å². The van der Waals surface area contributed by atoms with Crippen LogP contribution in [0.4, 0.5) is 0 Å². The fourth-order valence-electron chi connectivity index (χ4n) is 1.54. The van der Waals surface area contributed by atoms with Crippen molar-refractivity contribution in [1.82, 2.24) is 0 Å². The number of hydrogen-bond donors (Lipinski definition) is 1. The first-order valence-electron chi connectivity index (χ1n) is 6.51. The summed E-state index contributed by atoms with van der Waals surface area (Å²) in [5, 5.41) is 0. The van der Waals surface area contributed by atoms with E-state index in [0.717, 1.165) is 0 Å². The van der Waals surface area contributed by atoms with E-state index >= 15 is 0 Å². The number of primary amides is 1. The third-order valence-electron chi connectivity index (χ3n) is 2.45. The highest BCUT2D eigenvalue weighted by Crippen LogP contribution is 2.24. The van der Waals surface area contributed by atoms with E-state index in [1.165, 1.54) is 19.2 Å². The number of hydrogen-bond acceptors (Lipinski definition) is 5. The summed E-state index contributed by atoms with van der Waals surface area (Å²) in [7, 11) is 1.46. The molecule has 0 fully saturated rings. The molecule has 1 atom stereocenters. The van der Waals surface area contributed by atoms with Crippen LogP contribution in [0.1, 0.15) is 38.1 Å². The molecule has 2 N–H and O–H groups in total. The van der Waals surface area contributed by atoms with E-state index < -0.39 is 23.6 Å². The lowest BCUT2D eigenvalue weighted by atomic mass is 10.2. The second-order valence-electron chi connectivity index (χ2n) is 5.56. The lowest BCUT2D eigenvalue weighted by molar-refractivity contribution is -0.162. The topological polar surface area (TPSA) is 87.8 Å². The molecule has 0 aromatic heterocycles. The van der Waals surface area contributed by atoms with Crippen LogP contribution in [0.15, 0.2) is 18.2 Å². The number of benzene rings is 1. The second-order valence-corrected chi connectivity index (χ2v) is 5.56. The quantitative estimate of drug-likeness (QED) is 0.838. The molecule has 116 valence electrons. The Labute approximate surface area is 124 Å². The van der Waals surface area contributed by atoms with Crippen molar-refractivity contribution < 1.29 is 23.8 Å². The maximum atomic E-state index is 11.9. The predicted octanol–water partition coefficient (Wildman–Crippen LogP) is 1.90. The van der Waals surface area contributed by atoms with Crippen molar-refractivity contribution >= 4 is 11.9 Å². The Morgan fingerprint density at radius 3 is 2.19 bits per heavy atom. The van der Waals surface area contributed by atoms with Gasteiger partial charge >= 0.3 is 5.97 Å². The van der Waals surface area contributed by atoms with Gasteiger partial charge in [-0.15, -0.1) is 0 Å². The summed E-state index contributed by atoms with van der Waals surface area (Å²) in [6.07, 6.45) is -0.822. The van der Waals surface area contributed by atoms with E-state index in [0.29, 0.717) is 11.5 Å². The van der Waals surface area contributed by atoms with Crippen molar-refractivity contribution in [2.24, 2.45) is 5.73 Å². The van der Waals surface area contributed by atoms with Crippen molar-refractivity contribution in [2.45, 2.75) is 39.4 Å². The van der Waals surface area contributed by atoms with Gasteiger partial charge in [-0.2, -0.15) is 0 Å². The Morgan fingerprint density at radius 1 is 1.14 bits per heavy atom. The summed E-state index contributed by atoms with van der Waals surface area (Å²) in [4.78, 5) is 23.1. The van der Waals surface area contributed by atoms with Gasteiger partial charge in [0.1, 0.15) is 17.1 Å². The highest BCUT2D eigenvalue weighted by Gasteiger charge is 2.23. The number of carbonyl (C=O) groups is 2. The Kier molecular flexibility index (Phi) is 5.18. The molecule has 0 aliphatic heterocycles. The molecule has 0 saturated heterocycles. The minimum Gasteiger partial charge on any atom is -0.497 e. The SMILES string of the molecule is COc1cc(OC(C)C(=O)OC(C)(C)C)cc(C(N)=O)c1. The predicted molar refractivity (Wildman–Crippen MR) is 77.4 cm³/mol. The Bertz CT molecular complexity index is 533. The van der Waals surface area contributed by atoms with Crippen LogP contribution in [0.25, 0.3) is 0 Å². The van der Waals surface area contributed by atoms with Crippen LogP contribution in [-0.2, 0) is 9.53 Å². The molecule has 1 unspecified atom stereocenters. The molecule has 0 heterocycles. The third-order valence-corrected chi connectivity index (χ3v) is 2.45. The summed E-state index contributed by atoms with van der Waals surface area (Å²) >= 11 is 0. The fraction of sp³-hybridized carbons (Fsp3) is 0.467. The molecule has 0 spiro atoms. The number of methoxy groups -OCH3 is 1. The third kappa shape index (κ3) is 5.33. The van der Waals surface area contributed by atoms with E-state index in [2.05, 4.69) is 0 Å². The van der Waals surface area contributed by atoms with Gasteiger partial charge in [0.25, 0.3) is 0 Å². The van der Waals surface area contributed by atoms with Gasteiger partial charge in [0.05, 0.1) is 7.11 Å². The number of rotatable bonds is 5. The smallest absolute Gasteiger partial charge is 0.347 e. The molecule has 0 bridgehead atoms. The molecule has 1 rings (SSSR count). The van der Waals surface area contributed by atoms with Crippen molar-refractivity contribution in [3.63, 3.8) is 0 Å². The summed E-state index contributed by atoms with van der Waals surface area (Å²) < 4.78 is 15.8. The van der Waals surface area contributed by atoms with E-state index in [1.807, 2.05) is 0 Å². The molecular weight excluding hydrogens is 274 g/mol. The number of nitrogens with two attached hydrogens (primary N) is 1. The van der Waals surface area contributed by atoms with Crippen LogP contribution in [0.5, 0.6) is 11.5 Å². The molecule has 0 saturated carbocycles. The molecule has 6 heteroatoms. The lowest BCUT2D eigenvalue weighted by Crippen LogP contribution is -2.33. The van der Waals surface area contributed by atoms with Gasteiger partial charge in [-0.3, -0.25) is 4.79 Å². The van der Waals surface area contributed by atoms with Crippen LogP contribution in [0, 0.1) is 0 Å². The number of ether oxygens (including phenoxy) is 3. The highest BCUT2D eigenvalue weighted by molar-refractivity contribution is 5.93. The van der Waals surface area contributed by atoms with Crippen molar-refractivity contribution in [3.05, 3.63) is 23.8 Å². The minimum absolute atomic E-state index is 0.237. The summed E-state index contributed by atoms with van der Waals surface area (Å²) in [6.45, 7) is 6.88. The molecule has 21 heavy (non-hydrogen) atoms. The summed E-state index contributed by atoms with van der Waals surface area (Å²) in [5.74, 6) is -0.381. The molecule has 1 aromatic rings. The Balaban J connectivity index is 2.89. The molecule has 0 aliphatic rings. The van der Waals surface area contributed by atoms with Gasteiger partial charge in [-0.05, 0) is 39.8 Å². The van der Waals surface area contributed by atoms with Crippen molar-refractivity contribution in [1.29, 1.82) is 0 Å². The Hall–Kier alpha value is -2.24. The van der Waals surface area contributed by atoms with Gasteiger partial charge in [-0.1, -0.05) is 0 Å². The first-order valence-corrected chi connectivity index (χ1v) is 6.51. The zero-order valence-corrected chi connectivity index (χ0v) is 12.9. The maximum absolute atomic E-state index is 11.9. The van der Waals surface area contributed by atoms with Crippen molar-refractivity contribution in [2.75, 3.05) is 7.11 Å². The summed E-state index contributed by atoms with van der Waals surface area (Å²) in [6, 6.07) is 4.51. The fourth-order valence-corrected chi connectivity index (χ4v) is 1.54. The molecule has 6 nitrogen and oxygen atoms in total. The summed E-state index contributed by atoms with van der Waals surface area (Å²) in [5.41, 5.74) is 4.88. The first-order chi connectivity index (χ1) is 9.62. The number of carbonyl (C=O) groups excluding carboxylic acids is 2. The van der Waals surface area contributed by atoms with Crippen LogP contribution in [-0.4, -0.2) is 30.7 Å². The lowest BCUT2D eigenvalue weighted by Gasteiger charge is -2.22. The van der Waals surface area contributed by atoms with Crippen LogP contribution < -0.4 is 15.2 Å². The number of esters is 1. The zero-order chi connectivity index (χ0) is 16.2. The standard InChI is InChI=1S/C15H21NO5/c1-9(14(18)21-15(2,3)4)20-12-7-10(13(16)17)6-11(8-12)19-5/h6-9H,1-5H3,(H2,16,17). The highest BCUT2D eigenvalue weighted by atomic mass is 16.6. The first kappa shape index (κ1) is 16.8. The maximum Gasteiger partial charge on any atom is 0.347 e. The van der Waals surface area contributed by atoms with Crippen molar-refractivity contribution in [3.8, 4) is 11.5 Å². The van der Waals surface area contributed by atoms with Gasteiger partial charge in [0.15, 0.2) is 6.10 Å². The van der Waals surface area contributed by atoms with E-state index in [-0.39, 0.29) is 5.56 Å². The van der Waals surface area contributed by atoms with Gasteiger partial charge in [0.2, 0.25) is 5.91 Å². The van der Waals surface area contributed by atoms with E-state index in [9.17, 15) is 9.59 Å². The van der Waals surface area contributed by atoms with E-state index in [4.69, 9.17) is 19.9 Å². The zero-order valence-electron chi connectivity index (χ0n) is 12.9. The van der Waals surface area contributed by atoms with Gasteiger partial charge in [0, 0.05) is 11.6 Å².